The number of hydrogen-bond donors (Lipinski definition) is 1. The number of hydrogen-bond acceptors (Lipinski definition) is 2. The zero-order valence-corrected chi connectivity index (χ0v) is 8.04. The molecule has 0 aromatic heterocycles. The van der Waals surface area contributed by atoms with Crippen molar-refractivity contribution in [2.24, 2.45) is 5.73 Å². The van der Waals surface area contributed by atoms with Crippen LogP contribution in [0.3, 0.4) is 0 Å². The van der Waals surface area contributed by atoms with Crippen LogP contribution in [0, 0.1) is 18.3 Å². The molecule has 2 nitrogen and oxygen atoms in total. The minimum atomic E-state index is -0.0189. The van der Waals surface area contributed by atoms with E-state index in [-0.39, 0.29) is 6.04 Å². The van der Waals surface area contributed by atoms with Gasteiger partial charge >= 0.3 is 0 Å². The Kier molecular flexibility index (Phi) is 3.05. The minimum absolute atomic E-state index is 0.0189. The summed E-state index contributed by atoms with van der Waals surface area (Å²) in [5, 5.41) is 8.94. The maximum atomic E-state index is 8.94. The molecule has 0 heterocycles. The minimum Gasteiger partial charge on any atom is -0.324 e. The Bertz CT molecular complexity index is 336. The van der Waals surface area contributed by atoms with Crippen molar-refractivity contribution >= 4 is 0 Å². The predicted octanol–water partition coefficient (Wildman–Crippen LogP) is 2.28. The average molecular weight is 174 g/mol. The van der Waals surface area contributed by atoms with Crippen molar-refractivity contribution in [1.82, 2.24) is 0 Å². The van der Waals surface area contributed by atoms with E-state index in [1.807, 2.05) is 32.0 Å². The molecule has 0 aliphatic heterocycles. The van der Waals surface area contributed by atoms with Crippen LogP contribution in [0.25, 0.3) is 0 Å². The Hall–Kier alpha value is -1.33. The van der Waals surface area contributed by atoms with Gasteiger partial charge < -0.3 is 5.73 Å². The molecule has 0 saturated carbocycles. The predicted molar refractivity (Wildman–Crippen MR) is 53.1 cm³/mol. The third kappa shape index (κ3) is 1.88. The van der Waals surface area contributed by atoms with Crippen LogP contribution in [0.2, 0.25) is 0 Å². The molecule has 68 valence electrons. The standard InChI is InChI=1S/C11H14N2/c1-3-11(13)9-6-4-5-8(2)10(9)7-12/h4-6,11H,3,13H2,1-2H3. The number of nitrogens with zero attached hydrogens (tertiary/aromatic N) is 1. The zero-order valence-electron chi connectivity index (χ0n) is 8.04. The molecule has 0 spiro atoms. The lowest BCUT2D eigenvalue weighted by molar-refractivity contribution is 0.696. The average Bonchev–Trinajstić information content (AvgIpc) is 2.16. The summed E-state index contributed by atoms with van der Waals surface area (Å²) in [7, 11) is 0. The quantitative estimate of drug-likeness (QED) is 0.747. The number of nitrogens with two attached hydrogens (primary N) is 1. The lowest BCUT2D eigenvalue weighted by atomic mass is 9.96. The lowest BCUT2D eigenvalue weighted by Gasteiger charge is -2.12. The summed E-state index contributed by atoms with van der Waals surface area (Å²) in [5.41, 5.74) is 8.59. The van der Waals surface area contributed by atoms with E-state index < -0.39 is 0 Å². The molecule has 13 heavy (non-hydrogen) atoms. The highest BCUT2D eigenvalue weighted by atomic mass is 14.6. The van der Waals surface area contributed by atoms with E-state index in [0.29, 0.717) is 0 Å². The summed E-state index contributed by atoms with van der Waals surface area (Å²) in [4.78, 5) is 0. The van der Waals surface area contributed by atoms with Crippen molar-refractivity contribution in [2.75, 3.05) is 0 Å². The maximum absolute atomic E-state index is 8.94. The van der Waals surface area contributed by atoms with Gasteiger partial charge in [-0.15, -0.1) is 0 Å². The van der Waals surface area contributed by atoms with Gasteiger partial charge in [-0.1, -0.05) is 25.1 Å². The van der Waals surface area contributed by atoms with Crippen LogP contribution in [0.5, 0.6) is 0 Å². The molecule has 0 bridgehead atoms. The lowest BCUT2D eigenvalue weighted by Crippen LogP contribution is -2.11. The Balaban J connectivity index is 3.22. The number of benzene rings is 1. The van der Waals surface area contributed by atoms with Crippen LogP contribution in [0.4, 0.5) is 0 Å². The molecular formula is C11H14N2. The topological polar surface area (TPSA) is 49.8 Å². The van der Waals surface area contributed by atoms with E-state index in [4.69, 9.17) is 11.0 Å². The van der Waals surface area contributed by atoms with Crippen LogP contribution in [0.1, 0.15) is 36.1 Å². The van der Waals surface area contributed by atoms with Gasteiger partial charge in [-0.2, -0.15) is 5.26 Å². The van der Waals surface area contributed by atoms with Crippen molar-refractivity contribution < 1.29 is 0 Å². The number of aryl methyl sites for hydroxylation is 1. The Morgan fingerprint density at radius 1 is 1.54 bits per heavy atom. The smallest absolute Gasteiger partial charge is 0.0997 e. The third-order valence-electron chi connectivity index (χ3n) is 2.26. The molecule has 0 radical (unpaired) electrons. The first-order chi connectivity index (χ1) is 6.20. The van der Waals surface area contributed by atoms with Crippen molar-refractivity contribution in [3.63, 3.8) is 0 Å². The summed E-state index contributed by atoms with van der Waals surface area (Å²) in [6.07, 6.45) is 0.859. The van der Waals surface area contributed by atoms with E-state index in [1.54, 1.807) is 0 Å². The fraction of sp³-hybridized carbons (Fsp3) is 0.364. The summed E-state index contributed by atoms with van der Waals surface area (Å²) in [6.45, 7) is 3.96. The highest BCUT2D eigenvalue weighted by Crippen LogP contribution is 2.20. The van der Waals surface area contributed by atoms with Crippen molar-refractivity contribution in [2.45, 2.75) is 26.3 Å². The Morgan fingerprint density at radius 2 is 2.23 bits per heavy atom. The van der Waals surface area contributed by atoms with Gasteiger partial charge in [0.05, 0.1) is 11.6 Å². The van der Waals surface area contributed by atoms with Gasteiger partial charge in [0.25, 0.3) is 0 Å². The van der Waals surface area contributed by atoms with E-state index in [2.05, 4.69) is 6.07 Å². The highest BCUT2D eigenvalue weighted by molar-refractivity contribution is 5.45. The first-order valence-electron chi connectivity index (χ1n) is 4.45. The first kappa shape index (κ1) is 9.76. The highest BCUT2D eigenvalue weighted by Gasteiger charge is 2.09. The van der Waals surface area contributed by atoms with Crippen LogP contribution in [-0.4, -0.2) is 0 Å². The zero-order chi connectivity index (χ0) is 9.84. The largest absolute Gasteiger partial charge is 0.324 e. The van der Waals surface area contributed by atoms with Crippen molar-refractivity contribution in [1.29, 1.82) is 5.26 Å². The molecule has 0 amide bonds. The molecule has 0 saturated heterocycles. The Labute approximate surface area is 79.0 Å². The first-order valence-corrected chi connectivity index (χ1v) is 4.45. The van der Waals surface area contributed by atoms with Crippen molar-refractivity contribution in [3.8, 4) is 6.07 Å². The molecule has 0 aliphatic rings. The van der Waals surface area contributed by atoms with Gasteiger partial charge in [0, 0.05) is 6.04 Å². The van der Waals surface area contributed by atoms with Gasteiger partial charge in [0.2, 0.25) is 0 Å². The summed E-state index contributed by atoms with van der Waals surface area (Å²) in [6, 6.07) is 7.99. The molecule has 1 rings (SSSR count). The van der Waals surface area contributed by atoms with Crippen LogP contribution >= 0.6 is 0 Å². The SMILES string of the molecule is CCC(N)c1cccc(C)c1C#N. The van der Waals surface area contributed by atoms with E-state index in [9.17, 15) is 0 Å². The second kappa shape index (κ2) is 4.06. The summed E-state index contributed by atoms with van der Waals surface area (Å²) >= 11 is 0. The number of nitriles is 1. The van der Waals surface area contributed by atoms with Crippen LogP contribution in [0.15, 0.2) is 18.2 Å². The normalized spacial score (nSPS) is 12.2. The van der Waals surface area contributed by atoms with E-state index in [0.717, 1.165) is 23.1 Å². The molecule has 1 atom stereocenters. The molecule has 2 N–H and O–H groups in total. The van der Waals surface area contributed by atoms with Crippen LogP contribution in [-0.2, 0) is 0 Å². The van der Waals surface area contributed by atoms with Gasteiger partial charge in [0.1, 0.15) is 0 Å². The van der Waals surface area contributed by atoms with Gasteiger partial charge in [-0.25, -0.2) is 0 Å². The maximum Gasteiger partial charge on any atom is 0.0997 e. The summed E-state index contributed by atoms with van der Waals surface area (Å²) in [5.74, 6) is 0. The number of rotatable bonds is 2. The molecule has 1 aromatic carbocycles. The van der Waals surface area contributed by atoms with Crippen LogP contribution < -0.4 is 5.73 Å². The fourth-order valence-electron chi connectivity index (χ4n) is 1.37. The van der Waals surface area contributed by atoms with Gasteiger partial charge in [0.15, 0.2) is 0 Å². The Morgan fingerprint density at radius 3 is 2.77 bits per heavy atom. The molecule has 2 heteroatoms. The molecule has 1 unspecified atom stereocenters. The molecule has 0 aliphatic carbocycles. The monoisotopic (exact) mass is 174 g/mol. The molecular weight excluding hydrogens is 160 g/mol. The fourth-order valence-corrected chi connectivity index (χ4v) is 1.37. The molecule has 0 fully saturated rings. The summed E-state index contributed by atoms with van der Waals surface area (Å²) < 4.78 is 0. The van der Waals surface area contributed by atoms with Crippen molar-refractivity contribution in [3.05, 3.63) is 34.9 Å². The second-order valence-electron chi connectivity index (χ2n) is 3.17. The van der Waals surface area contributed by atoms with Gasteiger partial charge in [-0.3, -0.25) is 0 Å². The molecule has 1 aromatic rings. The van der Waals surface area contributed by atoms with E-state index >= 15 is 0 Å². The second-order valence-corrected chi connectivity index (χ2v) is 3.17. The third-order valence-corrected chi connectivity index (χ3v) is 2.26. The van der Waals surface area contributed by atoms with E-state index in [1.165, 1.54) is 0 Å². The van der Waals surface area contributed by atoms with Gasteiger partial charge in [-0.05, 0) is 24.5 Å².